The Morgan fingerprint density at radius 3 is 2.54 bits per heavy atom. The maximum Gasteiger partial charge on any atom is 0.252 e. The first kappa shape index (κ1) is 20.9. The fourth-order valence-electron chi connectivity index (χ4n) is 2.94. The first-order chi connectivity index (χ1) is 12.6. The quantitative estimate of drug-likeness (QED) is 0.632. The highest BCUT2D eigenvalue weighted by atomic mass is 32.2. The van der Waals surface area contributed by atoms with E-state index in [2.05, 4.69) is 12.2 Å². The molecule has 0 bridgehead atoms. The molecule has 1 heterocycles. The van der Waals surface area contributed by atoms with Crippen LogP contribution in [0.4, 0.5) is 0 Å². The van der Waals surface area contributed by atoms with Crippen molar-refractivity contribution in [1.29, 1.82) is 0 Å². The molecule has 1 aliphatic rings. The second-order valence-corrected chi connectivity index (χ2v) is 8.44. The van der Waals surface area contributed by atoms with Gasteiger partial charge in [0.25, 0.3) is 5.91 Å². The van der Waals surface area contributed by atoms with E-state index in [0.29, 0.717) is 32.7 Å². The van der Waals surface area contributed by atoms with Crippen molar-refractivity contribution in [1.82, 2.24) is 9.62 Å². The molecule has 1 saturated heterocycles. The Morgan fingerprint density at radius 1 is 1.12 bits per heavy atom. The lowest BCUT2D eigenvalue weighted by Crippen LogP contribution is -2.37. The molecule has 0 atom stereocenters. The van der Waals surface area contributed by atoms with Crippen molar-refractivity contribution in [2.45, 2.75) is 50.3 Å². The minimum atomic E-state index is -3.64. The molecule has 0 spiro atoms. The zero-order chi connectivity index (χ0) is 18.8. The van der Waals surface area contributed by atoms with Gasteiger partial charge in [0.05, 0.1) is 10.5 Å². The third-order valence-electron chi connectivity index (χ3n) is 4.46. The molecule has 1 aliphatic heterocycles. The Hall–Kier alpha value is -1.44. The van der Waals surface area contributed by atoms with Crippen molar-refractivity contribution in [2.24, 2.45) is 0 Å². The second kappa shape index (κ2) is 10.6. The number of nitrogens with zero attached hydrogens (tertiary/aromatic N) is 1. The van der Waals surface area contributed by atoms with Crippen LogP contribution in [0.15, 0.2) is 29.2 Å². The smallest absolute Gasteiger partial charge is 0.252 e. The molecule has 1 aromatic rings. The zero-order valence-corrected chi connectivity index (χ0v) is 16.4. The maximum absolute atomic E-state index is 12.9. The molecule has 1 amide bonds. The summed E-state index contributed by atoms with van der Waals surface area (Å²) in [6.45, 7) is 4.94. The van der Waals surface area contributed by atoms with E-state index in [1.807, 2.05) is 0 Å². The lowest BCUT2D eigenvalue weighted by molar-refractivity contribution is 0.0937. The molecular formula is C19H30N2O4S. The van der Waals surface area contributed by atoms with Gasteiger partial charge < -0.3 is 10.1 Å². The van der Waals surface area contributed by atoms with E-state index < -0.39 is 10.0 Å². The van der Waals surface area contributed by atoms with Gasteiger partial charge in [0.15, 0.2) is 0 Å². The number of carbonyl (C=O) groups excluding carboxylic acids is 1. The topological polar surface area (TPSA) is 75.7 Å². The Balaban J connectivity index is 1.96. The highest BCUT2D eigenvalue weighted by Crippen LogP contribution is 2.23. The molecule has 6 nitrogen and oxygen atoms in total. The van der Waals surface area contributed by atoms with Gasteiger partial charge in [-0.15, -0.1) is 0 Å². The number of hydrogen-bond donors (Lipinski definition) is 1. The molecule has 1 N–H and O–H groups in total. The maximum atomic E-state index is 12.9. The second-order valence-electron chi connectivity index (χ2n) is 6.54. The molecule has 146 valence electrons. The first-order valence-electron chi connectivity index (χ1n) is 9.52. The zero-order valence-electron chi connectivity index (χ0n) is 15.6. The van der Waals surface area contributed by atoms with E-state index in [4.69, 9.17) is 4.74 Å². The summed E-state index contributed by atoms with van der Waals surface area (Å²) in [6.07, 6.45) is 5.62. The van der Waals surface area contributed by atoms with Gasteiger partial charge in [-0.2, -0.15) is 4.31 Å². The minimum Gasteiger partial charge on any atom is -0.381 e. The summed E-state index contributed by atoms with van der Waals surface area (Å²) in [5, 5.41) is 2.80. The van der Waals surface area contributed by atoms with Gasteiger partial charge in [-0.05, 0) is 37.8 Å². The number of rotatable bonds is 10. The van der Waals surface area contributed by atoms with Crippen LogP contribution in [0.3, 0.4) is 0 Å². The number of benzene rings is 1. The fraction of sp³-hybridized carbons (Fsp3) is 0.632. The van der Waals surface area contributed by atoms with Crippen molar-refractivity contribution >= 4 is 15.9 Å². The number of piperidine rings is 1. The van der Waals surface area contributed by atoms with Gasteiger partial charge in [-0.1, -0.05) is 31.9 Å². The normalized spacial score (nSPS) is 15.7. The molecule has 0 saturated carbocycles. The van der Waals surface area contributed by atoms with Crippen LogP contribution in [0.1, 0.15) is 55.8 Å². The molecule has 0 radical (unpaired) electrons. The Labute approximate surface area is 157 Å². The molecule has 2 rings (SSSR count). The van der Waals surface area contributed by atoms with Crippen LogP contribution in [-0.2, 0) is 14.8 Å². The van der Waals surface area contributed by atoms with Crippen LogP contribution < -0.4 is 5.32 Å². The standard InChI is InChI=1S/C19H30N2O4S/c1-2-3-15-25-16-9-12-20-19(22)17-10-5-6-11-18(17)26(23,24)21-13-7-4-8-14-21/h5-6,10-11H,2-4,7-9,12-16H2,1H3,(H,20,22). The van der Waals surface area contributed by atoms with Crippen LogP contribution in [0.25, 0.3) is 0 Å². The van der Waals surface area contributed by atoms with E-state index in [0.717, 1.165) is 38.7 Å². The van der Waals surface area contributed by atoms with Crippen LogP contribution in [0, 0.1) is 0 Å². The molecule has 1 aromatic carbocycles. The SMILES string of the molecule is CCCCOCCCNC(=O)c1ccccc1S(=O)(=O)N1CCCCC1. The summed E-state index contributed by atoms with van der Waals surface area (Å²) in [6, 6.07) is 6.45. The van der Waals surface area contributed by atoms with Crippen molar-refractivity contribution < 1.29 is 17.9 Å². The van der Waals surface area contributed by atoms with Gasteiger partial charge >= 0.3 is 0 Å². The number of hydrogen-bond acceptors (Lipinski definition) is 4. The van der Waals surface area contributed by atoms with Gasteiger partial charge in [0, 0.05) is 32.8 Å². The summed E-state index contributed by atoms with van der Waals surface area (Å²) in [4.78, 5) is 12.6. The van der Waals surface area contributed by atoms with E-state index in [-0.39, 0.29) is 16.4 Å². The van der Waals surface area contributed by atoms with Crippen molar-refractivity contribution in [2.75, 3.05) is 32.8 Å². The lowest BCUT2D eigenvalue weighted by Gasteiger charge is -2.26. The fourth-order valence-corrected chi connectivity index (χ4v) is 4.65. The third kappa shape index (κ3) is 5.79. The van der Waals surface area contributed by atoms with Crippen molar-refractivity contribution in [3.05, 3.63) is 29.8 Å². The van der Waals surface area contributed by atoms with Crippen LogP contribution in [0.5, 0.6) is 0 Å². The number of ether oxygens (including phenoxy) is 1. The Morgan fingerprint density at radius 2 is 1.81 bits per heavy atom. The third-order valence-corrected chi connectivity index (χ3v) is 6.41. The van der Waals surface area contributed by atoms with Crippen LogP contribution in [0.2, 0.25) is 0 Å². The minimum absolute atomic E-state index is 0.0959. The van der Waals surface area contributed by atoms with Gasteiger partial charge in [-0.3, -0.25) is 4.79 Å². The summed E-state index contributed by atoms with van der Waals surface area (Å²) in [7, 11) is -3.64. The molecule has 0 unspecified atom stereocenters. The van der Waals surface area contributed by atoms with Gasteiger partial charge in [0.1, 0.15) is 0 Å². The van der Waals surface area contributed by atoms with Gasteiger partial charge in [0.2, 0.25) is 10.0 Å². The summed E-state index contributed by atoms with van der Waals surface area (Å²) in [5.41, 5.74) is 0.213. The molecule has 26 heavy (non-hydrogen) atoms. The Bertz CT molecular complexity index is 670. The monoisotopic (exact) mass is 382 g/mol. The molecule has 0 aromatic heterocycles. The number of unbranched alkanes of at least 4 members (excludes halogenated alkanes) is 1. The number of carbonyl (C=O) groups is 1. The van der Waals surface area contributed by atoms with Crippen molar-refractivity contribution in [3.8, 4) is 0 Å². The molecule has 7 heteroatoms. The Kier molecular flexibility index (Phi) is 8.54. The largest absolute Gasteiger partial charge is 0.381 e. The summed E-state index contributed by atoms with van der Waals surface area (Å²) in [5.74, 6) is -0.352. The highest BCUT2D eigenvalue weighted by Gasteiger charge is 2.29. The number of sulfonamides is 1. The first-order valence-corrected chi connectivity index (χ1v) is 11.0. The predicted molar refractivity (Wildman–Crippen MR) is 102 cm³/mol. The number of nitrogens with one attached hydrogen (secondary N) is 1. The summed E-state index contributed by atoms with van der Waals surface area (Å²) >= 11 is 0. The number of amides is 1. The summed E-state index contributed by atoms with van der Waals surface area (Å²) < 4.78 is 32.8. The molecule has 1 fully saturated rings. The average Bonchev–Trinajstić information content (AvgIpc) is 2.68. The van der Waals surface area contributed by atoms with E-state index in [1.165, 1.54) is 10.4 Å². The average molecular weight is 383 g/mol. The van der Waals surface area contributed by atoms with E-state index in [1.54, 1.807) is 18.2 Å². The van der Waals surface area contributed by atoms with E-state index >= 15 is 0 Å². The van der Waals surface area contributed by atoms with Crippen LogP contribution in [-0.4, -0.2) is 51.5 Å². The highest BCUT2D eigenvalue weighted by molar-refractivity contribution is 7.89. The molecule has 0 aliphatic carbocycles. The predicted octanol–water partition coefficient (Wildman–Crippen LogP) is 2.80. The van der Waals surface area contributed by atoms with Crippen molar-refractivity contribution in [3.63, 3.8) is 0 Å². The van der Waals surface area contributed by atoms with E-state index in [9.17, 15) is 13.2 Å². The van der Waals surface area contributed by atoms with Gasteiger partial charge in [-0.25, -0.2) is 8.42 Å². The lowest BCUT2D eigenvalue weighted by atomic mass is 10.2. The van der Waals surface area contributed by atoms with Crippen LogP contribution >= 0.6 is 0 Å². The molecular weight excluding hydrogens is 352 g/mol.